The van der Waals surface area contributed by atoms with Crippen molar-refractivity contribution in [2.45, 2.75) is 60.0 Å². The number of benzene rings is 2. The molecule has 5 rings (SSSR count). The number of para-hydroxylation sites is 3. The SMILES string of the molecule is CCn1c(N2CCCC(C(=O)N3CCN(CC(C)C)CCCN(C(C)=O)c4ccccc4C3)C2)nc2ccccc21. The van der Waals surface area contributed by atoms with Gasteiger partial charge in [-0.1, -0.05) is 44.2 Å². The zero-order chi connectivity index (χ0) is 28.9. The number of hydrogen-bond donors (Lipinski definition) is 0. The molecule has 0 bridgehead atoms. The van der Waals surface area contributed by atoms with Gasteiger partial charge in [0, 0.05) is 65.0 Å². The van der Waals surface area contributed by atoms with E-state index in [1.807, 2.05) is 29.2 Å². The minimum Gasteiger partial charge on any atom is -0.341 e. The number of hydrogen-bond acceptors (Lipinski definition) is 5. The Morgan fingerprint density at radius 1 is 0.951 bits per heavy atom. The largest absolute Gasteiger partial charge is 0.341 e. The van der Waals surface area contributed by atoms with E-state index in [-0.39, 0.29) is 17.7 Å². The number of piperidine rings is 1. The zero-order valence-corrected chi connectivity index (χ0v) is 25.3. The van der Waals surface area contributed by atoms with Gasteiger partial charge >= 0.3 is 0 Å². The lowest BCUT2D eigenvalue weighted by Crippen LogP contribution is -2.47. The third-order valence-electron chi connectivity index (χ3n) is 8.51. The average Bonchev–Trinajstić information content (AvgIpc) is 3.34. The lowest BCUT2D eigenvalue weighted by atomic mass is 9.96. The van der Waals surface area contributed by atoms with Crippen LogP contribution in [-0.4, -0.2) is 77.0 Å². The molecular formula is C33H46N6O2. The van der Waals surface area contributed by atoms with E-state index in [2.05, 4.69) is 64.3 Å². The Morgan fingerprint density at radius 2 is 1.73 bits per heavy atom. The van der Waals surface area contributed by atoms with Crippen molar-refractivity contribution in [2.24, 2.45) is 11.8 Å². The van der Waals surface area contributed by atoms with E-state index < -0.39 is 0 Å². The fourth-order valence-corrected chi connectivity index (χ4v) is 6.59. The molecule has 1 unspecified atom stereocenters. The number of amides is 2. The van der Waals surface area contributed by atoms with E-state index in [0.29, 0.717) is 32.1 Å². The Morgan fingerprint density at radius 3 is 2.51 bits per heavy atom. The fourth-order valence-electron chi connectivity index (χ4n) is 6.59. The van der Waals surface area contributed by atoms with Crippen LogP contribution in [0.5, 0.6) is 0 Å². The highest BCUT2D eigenvalue weighted by molar-refractivity contribution is 5.92. The first-order valence-corrected chi connectivity index (χ1v) is 15.4. The van der Waals surface area contributed by atoms with Crippen molar-refractivity contribution in [1.29, 1.82) is 0 Å². The minimum atomic E-state index is -0.0892. The van der Waals surface area contributed by atoms with Crippen molar-refractivity contribution < 1.29 is 9.59 Å². The van der Waals surface area contributed by atoms with Gasteiger partial charge in [0.1, 0.15) is 0 Å². The number of carbonyl (C=O) groups is 2. The van der Waals surface area contributed by atoms with E-state index in [9.17, 15) is 9.59 Å². The molecule has 8 heteroatoms. The van der Waals surface area contributed by atoms with Gasteiger partial charge in [-0.25, -0.2) is 4.98 Å². The maximum atomic E-state index is 14.3. The number of rotatable bonds is 5. The third kappa shape index (κ3) is 6.58. The maximum Gasteiger partial charge on any atom is 0.227 e. The lowest BCUT2D eigenvalue weighted by Gasteiger charge is -2.36. The van der Waals surface area contributed by atoms with Gasteiger partial charge in [-0.15, -0.1) is 0 Å². The van der Waals surface area contributed by atoms with Crippen LogP contribution in [0.15, 0.2) is 48.5 Å². The van der Waals surface area contributed by atoms with Crippen LogP contribution in [0, 0.1) is 11.8 Å². The highest BCUT2D eigenvalue weighted by Crippen LogP contribution is 2.29. The summed E-state index contributed by atoms with van der Waals surface area (Å²) in [6.07, 6.45) is 2.76. The monoisotopic (exact) mass is 558 g/mol. The second kappa shape index (κ2) is 13.1. The second-order valence-electron chi connectivity index (χ2n) is 12.0. The molecule has 0 spiro atoms. The summed E-state index contributed by atoms with van der Waals surface area (Å²) in [5.41, 5.74) is 4.11. The summed E-state index contributed by atoms with van der Waals surface area (Å²) < 4.78 is 2.27. The highest BCUT2D eigenvalue weighted by atomic mass is 16.2. The molecule has 1 fully saturated rings. The smallest absolute Gasteiger partial charge is 0.227 e. The number of anilines is 2. The molecule has 1 aromatic heterocycles. The van der Waals surface area contributed by atoms with Gasteiger partial charge in [0.25, 0.3) is 0 Å². The van der Waals surface area contributed by atoms with Gasteiger partial charge in [0.15, 0.2) is 0 Å². The molecular weight excluding hydrogens is 512 g/mol. The molecule has 0 aliphatic carbocycles. The Bertz CT molecular complexity index is 1350. The predicted molar refractivity (Wildman–Crippen MR) is 166 cm³/mol. The van der Waals surface area contributed by atoms with E-state index in [1.165, 1.54) is 0 Å². The van der Waals surface area contributed by atoms with Gasteiger partial charge in [-0.3, -0.25) is 9.59 Å². The molecule has 1 atom stereocenters. The predicted octanol–water partition coefficient (Wildman–Crippen LogP) is 5.02. The van der Waals surface area contributed by atoms with Crippen molar-refractivity contribution in [3.8, 4) is 0 Å². The minimum absolute atomic E-state index is 0.0479. The molecule has 1 saturated heterocycles. The van der Waals surface area contributed by atoms with Gasteiger partial charge in [-0.05, 0) is 62.4 Å². The molecule has 0 N–H and O–H groups in total. The summed E-state index contributed by atoms with van der Waals surface area (Å²) in [6.45, 7) is 15.3. The molecule has 2 aliphatic rings. The Kier molecular flexibility index (Phi) is 9.28. The average molecular weight is 559 g/mol. The topological polar surface area (TPSA) is 64.9 Å². The van der Waals surface area contributed by atoms with Gasteiger partial charge in [0.2, 0.25) is 17.8 Å². The van der Waals surface area contributed by atoms with Crippen LogP contribution in [-0.2, 0) is 22.7 Å². The number of fused-ring (bicyclic) bond motifs is 2. The van der Waals surface area contributed by atoms with Crippen molar-refractivity contribution in [3.05, 3.63) is 54.1 Å². The number of imidazole rings is 1. The van der Waals surface area contributed by atoms with Gasteiger partial charge < -0.3 is 24.2 Å². The molecule has 2 amide bonds. The van der Waals surface area contributed by atoms with Crippen molar-refractivity contribution in [3.63, 3.8) is 0 Å². The molecule has 220 valence electrons. The molecule has 3 aromatic rings. The van der Waals surface area contributed by atoms with Crippen LogP contribution in [0.2, 0.25) is 0 Å². The van der Waals surface area contributed by atoms with E-state index in [1.54, 1.807) is 6.92 Å². The summed E-state index contributed by atoms with van der Waals surface area (Å²) in [5.74, 6) is 1.67. The standard InChI is InChI=1S/C33H46N6O2/c1-5-38-31-16-9-7-14-29(31)34-33(38)37-18-10-13-28(24-37)32(41)36-21-20-35(22-25(2)3)17-11-19-39(26(4)40)30-15-8-6-12-27(30)23-36/h6-9,12,14-16,25,28H,5,10-11,13,17-24H2,1-4H3. The molecule has 0 radical (unpaired) electrons. The van der Waals surface area contributed by atoms with E-state index in [4.69, 9.17) is 4.98 Å². The van der Waals surface area contributed by atoms with Crippen molar-refractivity contribution >= 4 is 34.5 Å². The second-order valence-corrected chi connectivity index (χ2v) is 12.0. The molecule has 0 saturated carbocycles. The molecule has 8 nitrogen and oxygen atoms in total. The fraction of sp³-hybridized carbons (Fsp3) is 0.545. The zero-order valence-electron chi connectivity index (χ0n) is 25.3. The molecule has 41 heavy (non-hydrogen) atoms. The first kappa shape index (κ1) is 29.1. The van der Waals surface area contributed by atoms with Crippen LogP contribution >= 0.6 is 0 Å². The number of carbonyl (C=O) groups excluding carboxylic acids is 2. The van der Waals surface area contributed by atoms with Gasteiger partial charge in [-0.2, -0.15) is 0 Å². The molecule has 2 aliphatic heterocycles. The quantitative estimate of drug-likeness (QED) is 0.440. The van der Waals surface area contributed by atoms with E-state index >= 15 is 0 Å². The van der Waals surface area contributed by atoms with Crippen molar-refractivity contribution in [1.82, 2.24) is 19.4 Å². The number of aromatic nitrogens is 2. The summed E-state index contributed by atoms with van der Waals surface area (Å²) in [5, 5.41) is 0. The normalized spacial score (nSPS) is 19.3. The molecule has 3 heterocycles. The van der Waals surface area contributed by atoms with Crippen LogP contribution < -0.4 is 9.80 Å². The Labute approximate surface area is 244 Å². The van der Waals surface area contributed by atoms with E-state index in [0.717, 1.165) is 80.2 Å². The lowest BCUT2D eigenvalue weighted by molar-refractivity contribution is -0.136. The number of nitrogens with zero attached hydrogens (tertiary/aromatic N) is 6. The summed E-state index contributed by atoms with van der Waals surface area (Å²) in [4.78, 5) is 40.8. The summed E-state index contributed by atoms with van der Waals surface area (Å²) in [7, 11) is 0. The van der Waals surface area contributed by atoms with Crippen LogP contribution in [0.4, 0.5) is 11.6 Å². The van der Waals surface area contributed by atoms with Crippen LogP contribution in [0.25, 0.3) is 11.0 Å². The maximum absolute atomic E-state index is 14.3. The highest BCUT2D eigenvalue weighted by Gasteiger charge is 2.32. The van der Waals surface area contributed by atoms with Crippen molar-refractivity contribution in [2.75, 3.05) is 55.6 Å². The Balaban J connectivity index is 1.42. The third-order valence-corrected chi connectivity index (χ3v) is 8.51. The summed E-state index contributed by atoms with van der Waals surface area (Å²) in [6, 6.07) is 16.4. The first-order chi connectivity index (χ1) is 19.9. The van der Waals surface area contributed by atoms with Crippen LogP contribution in [0.1, 0.15) is 52.5 Å². The molecule has 2 aromatic carbocycles. The van der Waals surface area contributed by atoms with Crippen LogP contribution in [0.3, 0.4) is 0 Å². The first-order valence-electron chi connectivity index (χ1n) is 15.4. The number of aryl methyl sites for hydroxylation is 1. The summed E-state index contributed by atoms with van der Waals surface area (Å²) >= 11 is 0. The Hall–Kier alpha value is -3.39. The van der Waals surface area contributed by atoms with Gasteiger partial charge in [0.05, 0.1) is 17.0 Å².